The highest BCUT2D eigenvalue weighted by Gasteiger charge is 2.26. The average Bonchev–Trinajstić information content (AvgIpc) is 2.68. The number of halogens is 1. The van der Waals surface area contributed by atoms with E-state index in [0.29, 0.717) is 13.2 Å². The largest absolute Gasteiger partial charge is 0.389 e. The van der Waals surface area contributed by atoms with Crippen LogP contribution in [0.2, 0.25) is 0 Å². The normalized spacial score (nSPS) is 26.1. The van der Waals surface area contributed by atoms with Crippen LogP contribution in [0.25, 0.3) is 0 Å². The van der Waals surface area contributed by atoms with Crippen LogP contribution in [0.5, 0.6) is 0 Å². The number of hydrogen-bond acceptors (Lipinski definition) is 3. The Hall–Kier alpha value is -0.970. The Morgan fingerprint density at radius 3 is 2.71 bits per heavy atom. The standard InChI is InChI=1S/C13H18FNO2/c1-9(15-12-7-17-8-13(12)16)6-10-2-4-11(14)5-3-10/h2-5,9,12-13,15-16H,6-8H2,1H3. The molecule has 1 aliphatic rings. The first-order valence-electron chi connectivity index (χ1n) is 5.91. The molecule has 0 aromatic heterocycles. The van der Waals surface area contributed by atoms with Gasteiger partial charge in [-0.2, -0.15) is 0 Å². The molecule has 2 N–H and O–H groups in total. The van der Waals surface area contributed by atoms with Crippen molar-refractivity contribution in [3.05, 3.63) is 35.6 Å². The second-order valence-corrected chi connectivity index (χ2v) is 4.61. The Morgan fingerprint density at radius 2 is 2.12 bits per heavy atom. The maximum atomic E-state index is 12.7. The molecule has 0 spiro atoms. The van der Waals surface area contributed by atoms with Gasteiger partial charge in [0.15, 0.2) is 0 Å². The van der Waals surface area contributed by atoms with Crippen LogP contribution in [-0.4, -0.2) is 36.5 Å². The summed E-state index contributed by atoms with van der Waals surface area (Å²) in [5.41, 5.74) is 1.08. The number of hydrogen-bond donors (Lipinski definition) is 2. The summed E-state index contributed by atoms with van der Waals surface area (Å²) in [5.74, 6) is -0.214. The van der Waals surface area contributed by atoms with Crippen LogP contribution in [-0.2, 0) is 11.2 Å². The molecular formula is C13H18FNO2. The van der Waals surface area contributed by atoms with Crippen molar-refractivity contribution in [3.8, 4) is 0 Å². The Kier molecular flexibility index (Phi) is 4.10. The molecule has 94 valence electrons. The fourth-order valence-electron chi connectivity index (χ4n) is 2.10. The first kappa shape index (κ1) is 12.5. The number of aliphatic hydroxyl groups excluding tert-OH is 1. The topological polar surface area (TPSA) is 41.5 Å². The zero-order valence-corrected chi connectivity index (χ0v) is 9.90. The maximum absolute atomic E-state index is 12.7. The van der Waals surface area contributed by atoms with Crippen LogP contribution in [0, 0.1) is 5.82 Å². The number of ether oxygens (including phenoxy) is 1. The van der Waals surface area contributed by atoms with Gasteiger partial charge in [0.1, 0.15) is 5.82 Å². The first-order valence-corrected chi connectivity index (χ1v) is 5.91. The van der Waals surface area contributed by atoms with Crippen LogP contribution in [0.15, 0.2) is 24.3 Å². The van der Waals surface area contributed by atoms with Crippen molar-refractivity contribution in [1.82, 2.24) is 5.32 Å². The van der Waals surface area contributed by atoms with Crippen molar-refractivity contribution in [2.24, 2.45) is 0 Å². The van der Waals surface area contributed by atoms with Gasteiger partial charge in [-0.05, 0) is 31.0 Å². The number of benzene rings is 1. The van der Waals surface area contributed by atoms with Crippen LogP contribution < -0.4 is 5.32 Å². The SMILES string of the molecule is CC(Cc1ccc(F)cc1)NC1COCC1O. The lowest BCUT2D eigenvalue weighted by Gasteiger charge is -2.20. The van der Waals surface area contributed by atoms with E-state index in [1.54, 1.807) is 12.1 Å². The molecule has 0 aliphatic carbocycles. The van der Waals surface area contributed by atoms with E-state index in [4.69, 9.17) is 4.74 Å². The van der Waals surface area contributed by atoms with Gasteiger partial charge in [0, 0.05) is 6.04 Å². The molecule has 17 heavy (non-hydrogen) atoms. The van der Waals surface area contributed by atoms with Crippen LogP contribution in [0.1, 0.15) is 12.5 Å². The Labute approximate surface area is 101 Å². The Bertz CT molecular complexity index is 355. The highest BCUT2D eigenvalue weighted by atomic mass is 19.1. The molecule has 1 heterocycles. The highest BCUT2D eigenvalue weighted by Crippen LogP contribution is 2.09. The van der Waals surface area contributed by atoms with Gasteiger partial charge in [0.25, 0.3) is 0 Å². The van der Waals surface area contributed by atoms with E-state index in [-0.39, 0.29) is 17.9 Å². The Balaban J connectivity index is 1.84. The summed E-state index contributed by atoms with van der Waals surface area (Å²) in [4.78, 5) is 0. The molecule has 1 aromatic carbocycles. The van der Waals surface area contributed by atoms with Crippen molar-refractivity contribution in [2.75, 3.05) is 13.2 Å². The van der Waals surface area contributed by atoms with Gasteiger partial charge < -0.3 is 15.2 Å². The maximum Gasteiger partial charge on any atom is 0.123 e. The molecule has 0 radical (unpaired) electrons. The van der Waals surface area contributed by atoms with Gasteiger partial charge in [-0.25, -0.2) is 4.39 Å². The quantitative estimate of drug-likeness (QED) is 0.827. The molecule has 1 aromatic rings. The summed E-state index contributed by atoms with van der Waals surface area (Å²) in [6, 6.07) is 6.74. The molecular weight excluding hydrogens is 221 g/mol. The van der Waals surface area contributed by atoms with Gasteiger partial charge in [0.05, 0.1) is 25.4 Å². The second-order valence-electron chi connectivity index (χ2n) is 4.61. The van der Waals surface area contributed by atoms with E-state index >= 15 is 0 Å². The molecule has 1 saturated heterocycles. The summed E-state index contributed by atoms with van der Waals surface area (Å²) in [6.45, 7) is 3.00. The van der Waals surface area contributed by atoms with Crippen LogP contribution in [0.3, 0.4) is 0 Å². The fourth-order valence-corrected chi connectivity index (χ4v) is 2.10. The lowest BCUT2D eigenvalue weighted by atomic mass is 10.1. The molecule has 3 nitrogen and oxygen atoms in total. The second kappa shape index (κ2) is 5.58. The third-order valence-electron chi connectivity index (χ3n) is 3.00. The number of nitrogens with one attached hydrogen (secondary N) is 1. The van der Waals surface area contributed by atoms with E-state index in [9.17, 15) is 9.50 Å². The summed E-state index contributed by atoms with van der Waals surface area (Å²) in [5, 5.41) is 12.9. The van der Waals surface area contributed by atoms with Crippen molar-refractivity contribution < 1.29 is 14.2 Å². The van der Waals surface area contributed by atoms with Crippen molar-refractivity contribution in [3.63, 3.8) is 0 Å². The summed E-state index contributed by atoms with van der Waals surface area (Å²) < 4.78 is 17.9. The summed E-state index contributed by atoms with van der Waals surface area (Å²) in [6.07, 6.45) is 0.384. The average molecular weight is 239 g/mol. The molecule has 3 unspecified atom stereocenters. The van der Waals surface area contributed by atoms with Gasteiger partial charge >= 0.3 is 0 Å². The predicted octanol–water partition coefficient (Wildman–Crippen LogP) is 1.11. The number of rotatable bonds is 4. The fraction of sp³-hybridized carbons (Fsp3) is 0.538. The van der Waals surface area contributed by atoms with Crippen LogP contribution >= 0.6 is 0 Å². The highest BCUT2D eigenvalue weighted by molar-refractivity contribution is 5.17. The number of aliphatic hydroxyl groups is 1. The molecule has 3 atom stereocenters. The molecule has 0 saturated carbocycles. The lowest BCUT2D eigenvalue weighted by molar-refractivity contribution is 0.121. The summed E-state index contributed by atoms with van der Waals surface area (Å²) >= 11 is 0. The minimum absolute atomic E-state index is 0.00504. The van der Waals surface area contributed by atoms with E-state index in [1.807, 2.05) is 6.92 Å². The zero-order valence-electron chi connectivity index (χ0n) is 9.90. The lowest BCUT2D eigenvalue weighted by Crippen LogP contribution is -2.44. The van der Waals surface area contributed by atoms with E-state index in [0.717, 1.165) is 12.0 Å². The minimum Gasteiger partial charge on any atom is -0.389 e. The van der Waals surface area contributed by atoms with Gasteiger partial charge in [-0.1, -0.05) is 12.1 Å². The molecule has 4 heteroatoms. The van der Waals surface area contributed by atoms with Gasteiger partial charge in [0.2, 0.25) is 0 Å². The van der Waals surface area contributed by atoms with Crippen LogP contribution in [0.4, 0.5) is 4.39 Å². The Morgan fingerprint density at radius 1 is 1.41 bits per heavy atom. The smallest absolute Gasteiger partial charge is 0.123 e. The first-order chi connectivity index (χ1) is 8.15. The molecule has 1 fully saturated rings. The molecule has 1 aliphatic heterocycles. The summed E-state index contributed by atoms with van der Waals surface area (Å²) in [7, 11) is 0. The van der Waals surface area contributed by atoms with Crippen molar-refractivity contribution in [1.29, 1.82) is 0 Å². The van der Waals surface area contributed by atoms with E-state index in [2.05, 4.69) is 5.32 Å². The molecule has 0 bridgehead atoms. The predicted molar refractivity (Wildman–Crippen MR) is 63.3 cm³/mol. The zero-order chi connectivity index (χ0) is 12.3. The monoisotopic (exact) mass is 239 g/mol. The van der Waals surface area contributed by atoms with Gasteiger partial charge in [-0.15, -0.1) is 0 Å². The minimum atomic E-state index is -0.425. The third kappa shape index (κ3) is 3.49. The van der Waals surface area contributed by atoms with E-state index < -0.39 is 6.10 Å². The van der Waals surface area contributed by atoms with Crippen molar-refractivity contribution >= 4 is 0 Å². The van der Waals surface area contributed by atoms with Crippen molar-refractivity contribution in [2.45, 2.75) is 31.5 Å². The molecule has 2 rings (SSSR count). The van der Waals surface area contributed by atoms with E-state index in [1.165, 1.54) is 12.1 Å². The third-order valence-corrected chi connectivity index (χ3v) is 3.00. The molecule has 0 amide bonds. The van der Waals surface area contributed by atoms with Gasteiger partial charge in [-0.3, -0.25) is 0 Å².